The standard InChI is InChI=1S/C22H26N6O3S/c1-27-14-17(13-24-27)22-26-19(15-32-22)21(30)23-12-16-3-2-4-18(11-16)25-20(29)5-6-28-7-9-31-10-8-28/h2-4,11,13-15H,5-10,12H2,1H3,(H,23,30)(H,25,29). The molecule has 168 valence electrons. The number of hydrogen-bond donors (Lipinski definition) is 2. The molecule has 10 heteroatoms. The first-order chi connectivity index (χ1) is 15.6. The Balaban J connectivity index is 1.26. The third kappa shape index (κ3) is 6.00. The van der Waals surface area contributed by atoms with Crippen LogP contribution in [-0.4, -0.2) is 64.3 Å². The predicted octanol–water partition coefficient (Wildman–Crippen LogP) is 2.13. The fourth-order valence-corrected chi connectivity index (χ4v) is 4.16. The van der Waals surface area contributed by atoms with E-state index in [4.69, 9.17) is 4.74 Å². The first-order valence-corrected chi connectivity index (χ1v) is 11.4. The van der Waals surface area contributed by atoms with Gasteiger partial charge in [0.15, 0.2) is 0 Å². The molecule has 0 bridgehead atoms. The molecule has 2 aromatic heterocycles. The van der Waals surface area contributed by atoms with Crippen molar-refractivity contribution in [2.24, 2.45) is 7.05 Å². The molecule has 3 aromatic rings. The van der Waals surface area contributed by atoms with Crippen molar-refractivity contribution in [3.63, 3.8) is 0 Å². The fraction of sp³-hybridized carbons (Fsp3) is 0.364. The van der Waals surface area contributed by atoms with Crippen LogP contribution in [0, 0.1) is 0 Å². The van der Waals surface area contributed by atoms with E-state index >= 15 is 0 Å². The van der Waals surface area contributed by atoms with Gasteiger partial charge in [-0.15, -0.1) is 11.3 Å². The molecule has 2 N–H and O–H groups in total. The number of aryl methyl sites for hydroxylation is 1. The van der Waals surface area contributed by atoms with E-state index in [0.717, 1.165) is 54.7 Å². The van der Waals surface area contributed by atoms with Crippen molar-refractivity contribution in [2.75, 3.05) is 38.2 Å². The second-order valence-corrected chi connectivity index (χ2v) is 8.43. The summed E-state index contributed by atoms with van der Waals surface area (Å²) < 4.78 is 7.03. The summed E-state index contributed by atoms with van der Waals surface area (Å²) in [6.45, 7) is 4.24. The molecule has 1 aliphatic heterocycles. The minimum absolute atomic E-state index is 0.0249. The fourth-order valence-electron chi connectivity index (χ4n) is 3.38. The monoisotopic (exact) mass is 454 g/mol. The highest BCUT2D eigenvalue weighted by molar-refractivity contribution is 7.13. The molecule has 0 aliphatic carbocycles. The number of aromatic nitrogens is 3. The average molecular weight is 455 g/mol. The Hall–Kier alpha value is -3.08. The summed E-state index contributed by atoms with van der Waals surface area (Å²) in [5, 5.41) is 12.4. The quantitative estimate of drug-likeness (QED) is 0.541. The molecule has 0 atom stereocenters. The summed E-state index contributed by atoms with van der Waals surface area (Å²) in [5.41, 5.74) is 2.87. The second kappa shape index (κ2) is 10.5. The zero-order chi connectivity index (χ0) is 22.3. The molecule has 4 rings (SSSR count). The zero-order valence-corrected chi connectivity index (χ0v) is 18.7. The number of anilines is 1. The van der Waals surface area contributed by atoms with Gasteiger partial charge in [0.2, 0.25) is 5.91 Å². The Morgan fingerprint density at radius 1 is 1.25 bits per heavy atom. The minimum Gasteiger partial charge on any atom is -0.379 e. The van der Waals surface area contributed by atoms with Crippen LogP contribution < -0.4 is 10.6 Å². The molecule has 32 heavy (non-hydrogen) atoms. The van der Waals surface area contributed by atoms with Crippen molar-refractivity contribution >= 4 is 28.8 Å². The van der Waals surface area contributed by atoms with Crippen LogP contribution in [0.2, 0.25) is 0 Å². The number of carbonyl (C=O) groups is 2. The lowest BCUT2D eigenvalue weighted by Gasteiger charge is -2.26. The number of benzene rings is 1. The molecule has 1 aromatic carbocycles. The summed E-state index contributed by atoms with van der Waals surface area (Å²) >= 11 is 1.41. The molecule has 0 saturated carbocycles. The molecule has 2 amide bonds. The van der Waals surface area contributed by atoms with Gasteiger partial charge in [0.1, 0.15) is 10.7 Å². The van der Waals surface area contributed by atoms with E-state index in [1.165, 1.54) is 11.3 Å². The molecule has 0 spiro atoms. The largest absolute Gasteiger partial charge is 0.379 e. The third-order valence-electron chi connectivity index (χ3n) is 5.11. The maximum absolute atomic E-state index is 12.5. The minimum atomic E-state index is -0.239. The number of amides is 2. The summed E-state index contributed by atoms with van der Waals surface area (Å²) in [6.07, 6.45) is 4.02. The van der Waals surface area contributed by atoms with Crippen LogP contribution in [-0.2, 0) is 23.1 Å². The van der Waals surface area contributed by atoms with Crippen LogP contribution in [0.1, 0.15) is 22.5 Å². The van der Waals surface area contributed by atoms with Gasteiger partial charge in [0.25, 0.3) is 5.91 Å². The van der Waals surface area contributed by atoms with Crippen LogP contribution in [0.5, 0.6) is 0 Å². The van der Waals surface area contributed by atoms with Gasteiger partial charge < -0.3 is 15.4 Å². The van der Waals surface area contributed by atoms with Gasteiger partial charge in [-0.2, -0.15) is 5.10 Å². The summed E-state index contributed by atoms with van der Waals surface area (Å²) in [4.78, 5) is 31.4. The van der Waals surface area contributed by atoms with Gasteiger partial charge in [0, 0.05) is 62.5 Å². The van der Waals surface area contributed by atoms with Gasteiger partial charge >= 0.3 is 0 Å². The van der Waals surface area contributed by atoms with Crippen molar-refractivity contribution in [1.82, 2.24) is 25.0 Å². The summed E-state index contributed by atoms with van der Waals surface area (Å²) in [7, 11) is 1.84. The number of thiazole rings is 1. The zero-order valence-electron chi connectivity index (χ0n) is 17.9. The molecular formula is C22H26N6O3S. The smallest absolute Gasteiger partial charge is 0.271 e. The number of ether oxygens (including phenoxy) is 1. The Labute approximate surface area is 190 Å². The highest BCUT2D eigenvalue weighted by Gasteiger charge is 2.14. The number of nitrogens with one attached hydrogen (secondary N) is 2. The Morgan fingerprint density at radius 3 is 2.88 bits per heavy atom. The number of morpholine rings is 1. The van der Waals surface area contributed by atoms with Crippen molar-refractivity contribution in [1.29, 1.82) is 0 Å². The average Bonchev–Trinajstić information content (AvgIpc) is 3.46. The lowest BCUT2D eigenvalue weighted by Crippen LogP contribution is -2.38. The number of rotatable bonds is 8. The van der Waals surface area contributed by atoms with Gasteiger partial charge in [0.05, 0.1) is 19.4 Å². The van der Waals surface area contributed by atoms with Crippen LogP contribution in [0.15, 0.2) is 42.0 Å². The van der Waals surface area contributed by atoms with Gasteiger partial charge in [-0.05, 0) is 17.7 Å². The highest BCUT2D eigenvalue weighted by atomic mass is 32.1. The molecular weight excluding hydrogens is 428 g/mol. The Bertz CT molecular complexity index is 1070. The Morgan fingerprint density at radius 2 is 2.09 bits per heavy atom. The predicted molar refractivity (Wildman–Crippen MR) is 122 cm³/mol. The maximum atomic E-state index is 12.5. The lowest BCUT2D eigenvalue weighted by molar-refractivity contribution is -0.116. The van der Waals surface area contributed by atoms with Crippen molar-refractivity contribution < 1.29 is 14.3 Å². The Kier molecular flexibility index (Phi) is 7.25. The van der Waals surface area contributed by atoms with Gasteiger partial charge in [-0.1, -0.05) is 12.1 Å². The molecule has 1 fully saturated rings. The van der Waals surface area contributed by atoms with Crippen molar-refractivity contribution in [3.8, 4) is 10.6 Å². The van der Waals surface area contributed by atoms with Crippen LogP contribution in [0.3, 0.4) is 0 Å². The molecule has 9 nitrogen and oxygen atoms in total. The topological polar surface area (TPSA) is 101 Å². The van der Waals surface area contributed by atoms with E-state index in [1.807, 2.05) is 37.5 Å². The molecule has 0 unspecified atom stereocenters. The normalized spacial score (nSPS) is 14.3. The van der Waals surface area contributed by atoms with Crippen LogP contribution in [0.25, 0.3) is 10.6 Å². The third-order valence-corrected chi connectivity index (χ3v) is 6.00. The summed E-state index contributed by atoms with van der Waals surface area (Å²) in [6, 6.07) is 7.49. The van der Waals surface area contributed by atoms with E-state index in [2.05, 4.69) is 25.6 Å². The van der Waals surface area contributed by atoms with Crippen LogP contribution >= 0.6 is 11.3 Å². The second-order valence-electron chi connectivity index (χ2n) is 7.58. The first kappa shape index (κ1) is 22.1. The van der Waals surface area contributed by atoms with Crippen LogP contribution in [0.4, 0.5) is 5.69 Å². The molecule has 1 saturated heterocycles. The molecule has 3 heterocycles. The number of hydrogen-bond acceptors (Lipinski definition) is 7. The number of nitrogens with zero attached hydrogens (tertiary/aromatic N) is 4. The SMILES string of the molecule is Cn1cc(-c2nc(C(=O)NCc3cccc(NC(=O)CCN4CCOCC4)c3)cs2)cn1. The van der Waals surface area contributed by atoms with Gasteiger partial charge in [-0.3, -0.25) is 19.2 Å². The van der Waals surface area contributed by atoms with Crippen molar-refractivity contribution in [3.05, 3.63) is 53.3 Å². The number of carbonyl (C=O) groups excluding carboxylic acids is 2. The van der Waals surface area contributed by atoms with Crippen molar-refractivity contribution in [2.45, 2.75) is 13.0 Å². The first-order valence-electron chi connectivity index (χ1n) is 10.5. The van der Waals surface area contributed by atoms with E-state index in [9.17, 15) is 9.59 Å². The molecule has 0 radical (unpaired) electrons. The molecule has 1 aliphatic rings. The van der Waals surface area contributed by atoms with Gasteiger partial charge in [-0.25, -0.2) is 4.98 Å². The van der Waals surface area contributed by atoms with E-state index in [-0.39, 0.29) is 11.8 Å². The van der Waals surface area contributed by atoms with E-state index in [1.54, 1.807) is 16.3 Å². The lowest BCUT2D eigenvalue weighted by atomic mass is 10.2. The highest BCUT2D eigenvalue weighted by Crippen LogP contribution is 2.23. The maximum Gasteiger partial charge on any atom is 0.271 e. The van der Waals surface area contributed by atoms with E-state index < -0.39 is 0 Å². The summed E-state index contributed by atoms with van der Waals surface area (Å²) in [5.74, 6) is -0.264. The van der Waals surface area contributed by atoms with E-state index in [0.29, 0.717) is 18.7 Å².